The Bertz CT molecular complexity index is 518. The highest BCUT2D eigenvalue weighted by molar-refractivity contribution is 7.08. The molecule has 0 amide bonds. The highest BCUT2D eigenvalue weighted by Gasteiger charge is 2.25. The van der Waals surface area contributed by atoms with Gasteiger partial charge in [0.05, 0.1) is 6.61 Å². The van der Waals surface area contributed by atoms with Crippen LogP contribution in [0.3, 0.4) is 0 Å². The second kappa shape index (κ2) is 6.47. The lowest BCUT2D eigenvalue weighted by Gasteiger charge is -2.29. The van der Waals surface area contributed by atoms with E-state index < -0.39 is 0 Å². The molecule has 6 heteroatoms. The van der Waals surface area contributed by atoms with Crippen molar-refractivity contribution in [1.82, 2.24) is 15.1 Å². The van der Waals surface area contributed by atoms with Gasteiger partial charge in [0, 0.05) is 30.5 Å². The molecule has 2 aromatic rings. The Kier molecular flexibility index (Phi) is 4.44. The number of thiophene rings is 1. The van der Waals surface area contributed by atoms with Crippen molar-refractivity contribution in [2.75, 3.05) is 33.4 Å². The van der Waals surface area contributed by atoms with Gasteiger partial charge >= 0.3 is 0 Å². The third kappa shape index (κ3) is 3.08. The molecular formula is C14H19N3O2S. The van der Waals surface area contributed by atoms with Crippen LogP contribution in [-0.2, 0) is 4.74 Å². The number of rotatable bonds is 5. The van der Waals surface area contributed by atoms with E-state index >= 15 is 0 Å². The van der Waals surface area contributed by atoms with Gasteiger partial charge in [-0.15, -0.1) is 10.2 Å². The fourth-order valence-corrected chi connectivity index (χ4v) is 3.16. The van der Waals surface area contributed by atoms with E-state index in [2.05, 4.69) is 15.1 Å². The molecule has 3 heterocycles. The molecule has 1 fully saturated rings. The van der Waals surface area contributed by atoms with Gasteiger partial charge in [0.15, 0.2) is 0 Å². The minimum atomic E-state index is 0.397. The van der Waals surface area contributed by atoms with Gasteiger partial charge in [-0.05, 0) is 37.4 Å². The molecule has 2 aromatic heterocycles. The lowest BCUT2D eigenvalue weighted by atomic mass is 9.97. The summed E-state index contributed by atoms with van der Waals surface area (Å²) in [5, 5.41) is 12.4. The number of likely N-dealkylation sites (tertiary alicyclic amines) is 1. The zero-order valence-corrected chi connectivity index (χ0v) is 12.4. The number of hydrogen-bond acceptors (Lipinski definition) is 6. The van der Waals surface area contributed by atoms with Crippen LogP contribution in [0.15, 0.2) is 21.2 Å². The Morgan fingerprint density at radius 1 is 1.40 bits per heavy atom. The molecule has 0 N–H and O–H groups in total. The third-order valence-electron chi connectivity index (χ3n) is 3.76. The van der Waals surface area contributed by atoms with E-state index in [9.17, 15) is 0 Å². The van der Waals surface area contributed by atoms with E-state index in [4.69, 9.17) is 9.15 Å². The van der Waals surface area contributed by atoms with Gasteiger partial charge < -0.3 is 14.1 Å². The SMILES string of the molecule is COCCN1CCC(c2nnc(-c3ccsc3)o2)CC1. The molecule has 0 aromatic carbocycles. The largest absolute Gasteiger partial charge is 0.420 e. The molecule has 0 bridgehead atoms. The molecule has 0 saturated carbocycles. The second-order valence-corrected chi connectivity index (χ2v) is 5.85. The van der Waals surface area contributed by atoms with Crippen molar-refractivity contribution in [2.24, 2.45) is 0 Å². The molecule has 1 aliphatic rings. The maximum Gasteiger partial charge on any atom is 0.248 e. The van der Waals surface area contributed by atoms with Gasteiger partial charge in [0.25, 0.3) is 0 Å². The maximum absolute atomic E-state index is 5.83. The number of ether oxygens (including phenoxy) is 1. The predicted octanol–water partition coefficient (Wildman–Crippen LogP) is 2.62. The molecule has 0 unspecified atom stereocenters. The van der Waals surface area contributed by atoms with Crippen molar-refractivity contribution >= 4 is 11.3 Å². The molecule has 108 valence electrons. The van der Waals surface area contributed by atoms with Crippen molar-refractivity contribution in [1.29, 1.82) is 0 Å². The second-order valence-electron chi connectivity index (χ2n) is 5.07. The van der Waals surface area contributed by atoms with E-state index in [1.807, 2.05) is 16.8 Å². The highest BCUT2D eigenvalue weighted by atomic mass is 32.1. The molecule has 20 heavy (non-hydrogen) atoms. The molecule has 3 rings (SSSR count). The molecule has 0 radical (unpaired) electrons. The summed E-state index contributed by atoms with van der Waals surface area (Å²) in [6.45, 7) is 3.95. The summed E-state index contributed by atoms with van der Waals surface area (Å²) >= 11 is 1.64. The van der Waals surface area contributed by atoms with Crippen LogP contribution < -0.4 is 0 Å². The quantitative estimate of drug-likeness (QED) is 0.848. The number of nitrogens with zero attached hydrogens (tertiary/aromatic N) is 3. The van der Waals surface area contributed by atoms with E-state index in [0.717, 1.165) is 50.5 Å². The van der Waals surface area contributed by atoms with Crippen LogP contribution in [0.5, 0.6) is 0 Å². The van der Waals surface area contributed by atoms with Crippen LogP contribution in [0, 0.1) is 0 Å². The first-order valence-corrected chi connectivity index (χ1v) is 7.88. The van der Waals surface area contributed by atoms with Crippen molar-refractivity contribution in [3.8, 4) is 11.5 Å². The van der Waals surface area contributed by atoms with E-state index in [1.165, 1.54) is 0 Å². The predicted molar refractivity (Wildman–Crippen MR) is 77.9 cm³/mol. The lowest BCUT2D eigenvalue weighted by molar-refractivity contribution is 0.127. The van der Waals surface area contributed by atoms with Gasteiger partial charge in [-0.1, -0.05) is 0 Å². The zero-order valence-electron chi connectivity index (χ0n) is 11.6. The van der Waals surface area contributed by atoms with Gasteiger partial charge in [-0.2, -0.15) is 11.3 Å². The Hall–Kier alpha value is -1.24. The maximum atomic E-state index is 5.83. The van der Waals surface area contributed by atoms with Crippen molar-refractivity contribution < 1.29 is 9.15 Å². The van der Waals surface area contributed by atoms with Crippen LogP contribution in [0.4, 0.5) is 0 Å². The summed E-state index contributed by atoms with van der Waals surface area (Å²) in [6.07, 6.45) is 2.16. The fraction of sp³-hybridized carbons (Fsp3) is 0.571. The lowest BCUT2D eigenvalue weighted by Crippen LogP contribution is -2.35. The molecule has 0 spiro atoms. The van der Waals surface area contributed by atoms with Crippen molar-refractivity contribution in [3.05, 3.63) is 22.7 Å². The summed E-state index contributed by atoms with van der Waals surface area (Å²) in [6, 6.07) is 2.01. The first-order valence-electron chi connectivity index (χ1n) is 6.94. The monoisotopic (exact) mass is 293 g/mol. The van der Waals surface area contributed by atoms with Gasteiger partial charge in [-0.25, -0.2) is 0 Å². The first-order chi connectivity index (χ1) is 9.86. The molecule has 0 atom stereocenters. The number of aromatic nitrogens is 2. The minimum Gasteiger partial charge on any atom is -0.420 e. The molecule has 0 aliphatic carbocycles. The van der Waals surface area contributed by atoms with Crippen molar-refractivity contribution in [3.63, 3.8) is 0 Å². The van der Waals surface area contributed by atoms with Gasteiger partial charge in [0.2, 0.25) is 11.8 Å². The Balaban J connectivity index is 1.58. The standard InChI is InChI=1S/C14H19N3O2S/c1-18-8-7-17-5-2-11(3-6-17)13-15-16-14(19-13)12-4-9-20-10-12/h4,9-11H,2-3,5-8H2,1H3. The third-order valence-corrected chi connectivity index (χ3v) is 4.44. The summed E-state index contributed by atoms with van der Waals surface area (Å²) < 4.78 is 10.9. The van der Waals surface area contributed by atoms with Gasteiger partial charge in [0.1, 0.15) is 0 Å². The summed E-state index contributed by atoms with van der Waals surface area (Å²) in [5.41, 5.74) is 1.02. The van der Waals surface area contributed by atoms with Crippen LogP contribution in [0.25, 0.3) is 11.5 Å². The molecule has 1 aliphatic heterocycles. The Morgan fingerprint density at radius 3 is 2.95 bits per heavy atom. The van der Waals surface area contributed by atoms with Crippen LogP contribution >= 0.6 is 11.3 Å². The minimum absolute atomic E-state index is 0.397. The highest BCUT2D eigenvalue weighted by Crippen LogP contribution is 2.29. The molecule has 1 saturated heterocycles. The zero-order chi connectivity index (χ0) is 13.8. The van der Waals surface area contributed by atoms with E-state index in [1.54, 1.807) is 18.4 Å². The number of piperidine rings is 1. The van der Waals surface area contributed by atoms with E-state index in [0.29, 0.717) is 11.8 Å². The van der Waals surface area contributed by atoms with Crippen LogP contribution in [0.1, 0.15) is 24.7 Å². The van der Waals surface area contributed by atoms with Crippen molar-refractivity contribution in [2.45, 2.75) is 18.8 Å². The average Bonchev–Trinajstić information content (AvgIpc) is 3.16. The van der Waals surface area contributed by atoms with Crippen LogP contribution in [0.2, 0.25) is 0 Å². The van der Waals surface area contributed by atoms with Crippen LogP contribution in [-0.4, -0.2) is 48.4 Å². The first kappa shape index (κ1) is 13.7. The summed E-state index contributed by atoms with van der Waals surface area (Å²) in [5.74, 6) is 1.83. The van der Waals surface area contributed by atoms with Gasteiger partial charge in [-0.3, -0.25) is 0 Å². The Morgan fingerprint density at radius 2 is 2.25 bits per heavy atom. The number of methoxy groups -OCH3 is 1. The Labute approximate surface area is 122 Å². The van der Waals surface area contributed by atoms with E-state index in [-0.39, 0.29) is 0 Å². The number of hydrogen-bond donors (Lipinski definition) is 0. The molecular weight excluding hydrogens is 274 g/mol. The molecule has 5 nitrogen and oxygen atoms in total. The summed E-state index contributed by atoms with van der Waals surface area (Å²) in [4.78, 5) is 2.43. The summed E-state index contributed by atoms with van der Waals surface area (Å²) in [7, 11) is 1.75. The average molecular weight is 293 g/mol. The smallest absolute Gasteiger partial charge is 0.248 e. The fourth-order valence-electron chi connectivity index (χ4n) is 2.53. The normalized spacial score (nSPS) is 17.6. The topological polar surface area (TPSA) is 51.4 Å².